The van der Waals surface area contributed by atoms with Crippen LogP contribution in [0.1, 0.15) is 31.5 Å². The molecule has 0 aromatic carbocycles. The van der Waals surface area contributed by atoms with Gasteiger partial charge in [0.1, 0.15) is 5.82 Å². The molecule has 2 aliphatic heterocycles. The van der Waals surface area contributed by atoms with E-state index in [0.717, 1.165) is 51.6 Å². The first-order valence-corrected chi connectivity index (χ1v) is 8.60. The van der Waals surface area contributed by atoms with E-state index < -0.39 is 0 Å². The molecule has 0 aliphatic carbocycles. The zero-order valence-corrected chi connectivity index (χ0v) is 13.7. The van der Waals surface area contributed by atoms with E-state index in [2.05, 4.69) is 25.3 Å². The van der Waals surface area contributed by atoms with Crippen molar-refractivity contribution >= 4 is 0 Å². The lowest BCUT2D eigenvalue weighted by Crippen LogP contribution is -2.49. The Morgan fingerprint density at radius 2 is 2.00 bits per heavy atom. The number of piperidine rings is 1. The Morgan fingerprint density at radius 3 is 2.77 bits per heavy atom. The molecule has 3 heterocycles. The molecule has 3 rings (SSSR count). The molecule has 1 unspecified atom stereocenters. The van der Waals surface area contributed by atoms with Gasteiger partial charge in [-0.2, -0.15) is 0 Å². The Balaban J connectivity index is 1.46. The molecule has 0 saturated carbocycles. The number of hydrogen-bond acceptors (Lipinski definition) is 6. The van der Waals surface area contributed by atoms with E-state index in [1.54, 1.807) is 0 Å². The summed E-state index contributed by atoms with van der Waals surface area (Å²) in [5.41, 5.74) is 0. The molecule has 0 spiro atoms. The maximum atomic E-state index is 5.46. The third-order valence-electron chi connectivity index (χ3n) is 4.85. The Morgan fingerprint density at radius 1 is 1.14 bits per heavy atom. The number of likely N-dealkylation sites (tertiary alicyclic amines) is 1. The van der Waals surface area contributed by atoms with Gasteiger partial charge >= 0.3 is 0 Å². The molecule has 1 aromatic heterocycles. The van der Waals surface area contributed by atoms with Gasteiger partial charge < -0.3 is 4.74 Å². The number of morpholine rings is 1. The SMILES string of the molecule is Cc1nnnn1CCCN1CCCCC1CN1CCOCC1. The largest absolute Gasteiger partial charge is 0.379 e. The first-order chi connectivity index (χ1) is 10.8. The Hall–Kier alpha value is -1.05. The fourth-order valence-electron chi connectivity index (χ4n) is 3.52. The highest BCUT2D eigenvalue weighted by Crippen LogP contribution is 2.19. The number of aryl methyl sites for hydroxylation is 2. The van der Waals surface area contributed by atoms with E-state index in [1.165, 1.54) is 32.4 Å². The van der Waals surface area contributed by atoms with Crippen LogP contribution in [0.2, 0.25) is 0 Å². The monoisotopic (exact) mass is 308 g/mol. The molecule has 7 heteroatoms. The van der Waals surface area contributed by atoms with E-state index in [1.807, 2.05) is 11.6 Å². The Labute approximate surface area is 132 Å². The predicted molar refractivity (Wildman–Crippen MR) is 83.6 cm³/mol. The molecule has 1 atom stereocenters. The minimum atomic E-state index is 0.710. The smallest absolute Gasteiger partial charge is 0.148 e. The van der Waals surface area contributed by atoms with Crippen LogP contribution in [0.25, 0.3) is 0 Å². The number of tetrazole rings is 1. The van der Waals surface area contributed by atoms with Crippen molar-refractivity contribution in [2.24, 2.45) is 0 Å². The summed E-state index contributed by atoms with van der Waals surface area (Å²) in [6.07, 6.45) is 5.16. The summed E-state index contributed by atoms with van der Waals surface area (Å²) in [5.74, 6) is 0.906. The normalized spacial score (nSPS) is 24.7. The maximum Gasteiger partial charge on any atom is 0.148 e. The number of ether oxygens (including phenoxy) is 1. The summed E-state index contributed by atoms with van der Waals surface area (Å²) < 4.78 is 7.36. The third kappa shape index (κ3) is 4.24. The molecule has 124 valence electrons. The highest BCUT2D eigenvalue weighted by molar-refractivity contribution is 4.81. The highest BCUT2D eigenvalue weighted by atomic mass is 16.5. The Bertz CT molecular complexity index is 445. The van der Waals surface area contributed by atoms with Crippen LogP contribution >= 0.6 is 0 Å². The van der Waals surface area contributed by atoms with Crippen molar-refractivity contribution in [3.05, 3.63) is 5.82 Å². The molecule has 0 radical (unpaired) electrons. The van der Waals surface area contributed by atoms with Crippen LogP contribution in [0, 0.1) is 6.92 Å². The van der Waals surface area contributed by atoms with Crippen molar-refractivity contribution in [1.82, 2.24) is 30.0 Å². The highest BCUT2D eigenvalue weighted by Gasteiger charge is 2.24. The van der Waals surface area contributed by atoms with Crippen molar-refractivity contribution in [3.63, 3.8) is 0 Å². The van der Waals surface area contributed by atoms with Crippen molar-refractivity contribution in [2.45, 2.75) is 45.2 Å². The Kier molecular flexibility index (Phi) is 5.75. The average molecular weight is 308 g/mol. The molecule has 0 N–H and O–H groups in total. The summed E-state index contributed by atoms with van der Waals surface area (Å²) in [7, 11) is 0. The van der Waals surface area contributed by atoms with Gasteiger partial charge in [-0.3, -0.25) is 9.80 Å². The molecule has 2 fully saturated rings. The molecule has 1 aromatic rings. The molecule has 7 nitrogen and oxygen atoms in total. The van der Waals surface area contributed by atoms with Crippen LogP contribution in [0.15, 0.2) is 0 Å². The van der Waals surface area contributed by atoms with Gasteiger partial charge in [-0.1, -0.05) is 6.42 Å². The van der Waals surface area contributed by atoms with Crippen LogP contribution in [-0.2, 0) is 11.3 Å². The van der Waals surface area contributed by atoms with Crippen molar-refractivity contribution in [1.29, 1.82) is 0 Å². The van der Waals surface area contributed by atoms with Gasteiger partial charge in [-0.25, -0.2) is 4.68 Å². The predicted octanol–water partition coefficient (Wildman–Crippen LogP) is 0.558. The molecule has 2 saturated heterocycles. The van der Waals surface area contributed by atoms with Gasteiger partial charge in [0.2, 0.25) is 0 Å². The molecule has 0 bridgehead atoms. The molecule has 0 amide bonds. The average Bonchev–Trinajstić information content (AvgIpc) is 2.95. The van der Waals surface area contributed by atoms with Crippen molar-refractivity contribution < 1.29 is 4.74 Å². The first kappa shape index (κ1) is 15.8. The minimum Gasteiger partial charge on any atom is -0.379 e. The number of aromatic nitrogens is 4. The molecule has 2 aliphatic rings. The van der Waals surface area contributed by atoms with Crippen LogP contribution in [-0.4, -0.2) is 82.0 Å². The zero-order chi connectivity index (χ0) is 15.2. The topological polar surface area (TPSA) is 59.3 Å². The fraction of sp³-hybridized carbons (Fsp3) is 0.933. The van der Waals surface area contributed by atoms with Gasteiger partial charge in [0, 0.05) is 38.8 Å². The standard InChI is InChI=1S/C15H28N6O/c1-14-16-17-18-21(14)8-4-7-20-6-3-2-5-15(20)13-19-9-11-22-12-10-19/h15H,2-13H2,1H3. The van der Waals surface area contributed by atoms with E-state index >= 15 is 0 Å². The van der Waals surface area contributed by atoms with E-state index in [0.29, 0.717) is 6.04 Å². The summed E-state index contributed by atoms with van der Waals surface area (Å²) in [6.45, 7) is 10.4. The van der Waals surface area contributed by atoms with Crippen LogP contribution in [0.5, 0.6) is 0 Å². The van der Waals surface area contributed by atoms with Crippen molar-refractivity contribution in [2.75, 3.05) is 45.9 Å². The van der Waals surface area contributed by atoms with Crippen molar-refractivity contribution in [3.8, 4) is 0 Å². The summed E-state index contributed by atoms with van der Waals surface area (Å²) in [5, 5.41) is 11.7. The first-order valence-electron chi connectivity index (χ1n) is 8.60. The minimum absolute atomic E-state index is 0.710. The second kappa shape index (κ2) is 7.99. The lowest BCUT2D eigenvalue weighted by molar-refractivity contribution is 0.0163. The maximum absolute atomic E-state index is 5.46. The summed E-state index contributed by atoms with van der Waals surface area (Å²) in [6, 6.07) is 0.710. The van der Waals surface area contributed by atoms with Gasteiger partial charge in [0.25, 0.3) is 0 Å². The second-order valence-electron chi connectivity index (χ2n) is 6.40. The second-order valence-corrected chi connectivity index (χ2v) is 6.40. The number of rotatable bonds is 6. The summed E-state index contributed by atoms with van der Waals surface area (Å²) in [4.78, 5) is 5.25. The van der Waals surface area contributed by atoms with Gasteiger partial charge in [-0.05, 0) is 43.2 Å². The number of hydrogen-bond donors (Lipinski definition) is 0. The van der Waals surface area contributed by atoms with E-state index in [-0.39, 0.29) is 0 Å². The molecular weight excluding hydrogens is 280 g/mol. The lowest BCUT2D eigenvalue weighted by atomic mass is 10.0. The fourth-order valence-corrected chi connectivity index (χ4v) is 3.52. The molecule has 22 heavy (non-hydrogen) atoms. The van der Waals surface area contributed by atoms with Gasteiger partial charge in [0.05, 0.1) is 13.2 Å². The summed E-state index contributed by atoms with van der Waals surface area (Å²) >= 11 is 0. The molecular formula is C15H28N6O. The van der Waals surface area contributed by atoms with Gasteiger partial charge in [0.15, 0.2) is 0 Å². The zero-order valence-electron chi connectivity index (χ0n) is 13.7. The van der Waals surface area contributed by atoms with Crippen LogP contribution in [0.3, 0.4) is 0 Å². The third-order valence-corrected chi connectivity index (χ3v) is 4.85. The van der Waals surface area contributed by atoms with E-state index in [9.17, 15) is 0 Å². The van der Waals surface area contributed by atoms with E-state index in [4.69, 9.17) is 4.74 Å². The van der Waals surface area contributed by atoms with Crippen LogP contribution in [0.4, 0.5) is 0 Å². The van der Waals surface area contributed by atoms with Crippen LogP contribution < -0.4 is 0 Å². The number of nitrogens with zero attached hydrogens (tertiary/aromatic N) is 6. The lowest BCUT2D eigenvalue weighted by Gasteiger charge is -2.39. The van der Waals surface area contributed by atoms with Gasteiger partial charge in [-0.15, -0.1) is 5.10 Å². The quantitative estimate of drug-likeness (QED) is 0.765.